The normalized spacial score (nSPS) is 23.7. The molecule has 1 aliphatic heterocycles. The van der Waals surface area contributed by atoms with Gasteiger partial charge < -0.3 is 4.90 Å². The zero-order valence-corrected chi connectivity index (χ0v) is 12.6. The third-order valence-corrected chi connectivity index (χ3v) is 4.78. The molecule has 19 heavy (non-hydrogen) atoms. The Labute approximate surface area is 120 Å². The first-order valence-corrected chi connectivity index (χ1v) is 7.85. The predicted molar refractivity (Wildman–Crippen MR) is 79.0 cm³/mol. The SMILES string of the molecule is CCC1CCCN(c2nc(C3CC3)nc(Cl)c2C)C1. The number of hydrogen-bond acceptors (Lipinski definition) is 3. The van der Waals surface area contributed by atoms with Gasteiger partial charge in [0.15, 0.2) is 0 Å². The van der Waals surface area contributed by atoms with Crippen molar-refractivity contribution in [3.05, 3.63) is 16.5 Å². The van der Waals surface area contributed by atoms with E-state index in [0.29, 0.717) is 11.1 Å². The fraction of sp³-hybridized carbons (Fsp3) is 0.733. The third kappa shape index (κ3) is 2.71. The average Bonchev–Trinajstić information content (AvgIpc) is 3.26. The molecule has 0 N–H and O–H groups in total. The fourth-order valence-electron chi connectivity index (χ4n) is 2.92. The molecule has 1 saturated carbocycles. The molecule has 0 amide bonds. The van der Waals surface area contributed by atoms with Crippen molar-refractivity contribution in [1.29, 1.82) is 0 Å². The quantitative estimate of drug-likeness (QED) is 0.785. The van der Waals surface area contributed by atoms with Gasteiger partial charge in [0.2, 0.25) is 0 Å². The number of nitrogens with zero attached hydrogens (tertiary/aromatic N) is 3. The van der Waals surface area contributed by atoms with E-state index in [4.69, 9.17) is 16.6 Å². The molecular formula is C15H22ClN3. The van der Waals surface area contributed by atoms with Gasteiger partial charge in [-0.25, -0.2) is 9.97 Å². The van der Waals surface area contributed by atoms with E-state index in [9.17, 15) is 0 Å². The zero-order chi connectivity index (χ0) is 13.4. The molecule has 2 aliphatic rings. The first-order chi connectivity index (χ1) is 9.19. The highest BCUT2D eigenvalue weighted by Crippen LogP contribution is 2.40. The molecule has 2 fully saturated rings. The molecule has 3 nitrogen and oxygen atoms in total. The van der Waals surface area contributed by atoms with E-state index in [1.165, 1.54) is 32.1 Å². The van der Waals surface area contributed by atoms with E-state index in [1.54, 1.807) is 0 Å². The number of halogens is 1. The van der Waals surface area contributed by atoms with Crippen LogP contribution in [0.3, 0.4) is 0 Å². The molecule has 1 aliphatic carbocycles. The molecule has 1 unspecified atom stereocenters. The Bertz CT molecular complexity index is 471. The summed E-state index contributed by atoms with van der Waals surface area (Å²) in [6.07, 6.45) is 6.30. The second-order valence-corrected chi connectivity index (χ2v) is 6.32. The molecule has 0 aromatic carbocycles. The molecule has 0 bridgehead atoms. The van der Waals surface area contributed by atoms with Crippen LogP contribution < -0.4 is 4.90 Å². The Kier molecular flexibility index (Phi) is 3.66. The van der Waals surface area contributed by atoms with Crippen LogP contribution in [0.25, 0.3) is 0 Å². The molecule has 1 aromatic heterocycles. The van der Waals surface area contributed by atoms with Crippen molar-refractivity contribution in [2.45, 2.75) is 51.9 Å². The minimum atomic E-state index is 0.559. The van der Waals surface area contributed by atoms with E-state index in [-0.39, 0.29) is 0 Å². The molecule has 0 spiro atoms. The highest BCUT2D eigenvalue weighted by molar-refractivity contribution is 6.30. The fourth-order valence-corrected chi connectivity index (χ4v) is 3.09. The number of hydrogen-bond donors (Lipinski definition) is 0. The van der Waals surface area contributed by atoms with Gasteiger partial charge in [0.1, 0.15) is 16.8 Å². The van der Waals surface area contributed by atoms with Crippen LogP contribution in [-0.2, 0) is 0 Å². The van der Waals surface area contributed by atoms with Gasteiger partial charge in [0.25, 0.3) is 0 Å². The third-order valence-electron chi connectivity index (χ3n) is 4.42. The molecular weight excluding hydrogens is 258 g/mol. The van der Waals surface area contributed by atoms with Crippen LogP contribution in [0.15, 0.2) is 0 Å². The van der Waals surface area contributed by atoms with Crippen molar-refractivity contribution in [2.75, 3.05) is 18.0 Å². The maximum Gasteiger partial charge on any atom is 0.137 e. The smallest absolute Gasteiger partial charge is 0.137 e. The zero-order valence-electron chi connectivity index (χ0n) is 11.8. The van der Waals surface area contributed by atoms with Crippen molar-refractivity contribution in [2.24, 2.45) is 5.92 Å². The first-order valence-electron chi connectivity index (χ1n) is 7.48. The van der Waals surface area contributed by atoms with Gasteiger partial charge in [-0.3, -0.25) is 0 Å². The lowest BCUT2D eigenvalue weighted by atomic mass is 9.95. The van der Waals surface area contributed by atoms with Crippen LogP contribution in [0, 0.1) is 12.8 Å². The molecule has 4 heteroatoms. The summed E-state index contributed by atoms with van der Waals surface area (Å²) >= 11 is 6.30. The van der Waals surface area contributed by atoms with Gasteiger partial charge in [-0.2, -0.15) is 0 Å². The average molecular weight is 280 g/mol. The van der Waals surface area contributed by atoms with Crippen molar-refractivity contribution < 1.29 is 0 Å². The van der Waals surface area contributed by atoms with Gasteiger partial charge >= 0.3 is 0 Å². The Balaban J connectivity index is 1.89. The van der Waals surface area contributed by atoms with Crippen LogP contribution in [-0.4, -0.2) is 23.1 Å². The molecule has 3 rings (SSSR count). The highest BCUT2D eigenvalue weighted by Gasteiger charge is 2.29. The summed E-state index contributed by atoms with van der Waals surface area (Å²) in [5.41, 5.74) is 1.04. The maximum absolute atomic E-state index is 6.30. The van der Waals surface area contributed by atoms with Gasteiger partial charge in [-0.1, -0.05) is 24.9 Å². The lowest BCUT2D eigenvalue weighted by molar-refractivity contribution is 0.402. The number of rotatable bonds is 3. The maximum atomic E-state index is 6.30. The lowest BCUT2D eigenvalue weighted by Gasteiger charge is -2.34. The molecule has 104 valence electrons. The van der Waals surface area contributed by atoms with Crippen LogP contribution in [0.5, 0.6) is 0 Å². The summed E-state index contributed by atoms with van der Waals surface area (Å²) in [5, 5.41) is 0.644. The Morgan fingerprint density at radius 1 is 1.26 bits per heavy atom. The highest BCUT2D eigenvalue weighted by atomic mass is 35.5. The summed E-state index contributed by atoms with van der Waals surface area (Å²) in [6.45, 7) is 6.55. The lowest BCUT2D eigenvalue weighted by Crippen LogP contribution is -2.36. The monoisotopic (exact) mass is 279 g/mol. The second-order valence-electron chi connectivity index (χ2n) is 5.96. The van der Waals surface area contributed by atoms with Crippen molar-refractivity contribution in [3.8, 4) is 0 Å². The van der Waals surface area contributed by atoms with E-state index >= 15 is 0 Å². The molecule has 0 radical (unpaired) electrons. The predicted octanol–water partition coefficient (Wildman–Crippen LogP) is 3.94. The standard InChI is InChI=1S/C15H22ClN3/c1-3-11-5-4-8-19(9-11)15-10(2)13(16)17-14(18-15)12-6-7-12/h11-12H,3-9H2,1-2H3. The molecule has 1 aromatic rings. The van der Waals surface area contributed by atoms with Crippen LogP contribution in [0.2, 0.25) is 5.15 Å². The number of piperidine rings is 1. The van der Waals surface area contributed by atoms with Crippen molar-refractivity contribution in [3.63, 3.8) is 0 Å². The van der Waals surface area contributed by atoms with Crippen LogP contribution in [0.1, 0.15) is 56.3 Å². The van der Waals surface area contributed by atoms with E-state index in [1.807, 2.05) is 6.92 Å². The second kappa shape index (κ2) is 5.28. The van der Waals surface area contributed by atoms with Gasteiger partial charge in [0.05, 0.1) is 0 Å². The van der Waals surface area contributed by atoms with Gasteiger partial charge in [-0.05, 0) is 38.5 Å². The topological polar surface area (TPSA) is 29.0 Å². The van der Waals surface area contributed by atoms with E-state index < -0.39 is 0 Å². The Hall–Kier alpha value is -0.830. The van der Waals surface area contributed by atoms with E-state index in [0.717, 1.165) is 36.2 Å². The minimum Gasteiger partial charge on any atom is -0.356 e. The summed E-state index contributed by atoms with van der Waals surface area (Å²) in [6, 6.07) is 0. The van der Waals surface area contributed by atoms with Gasteiger partial charge in [0, 0.05) is 24.6 Å². The number of anilines is 1. The van der Waals surface area contributed by atoms with Crippen LogP contribution in [0.4, 0.5) is 5.82 Å². The first kappa shape index (κ1) is 13.2. The summed E-state index contributed by atoms with van der Waals surface area (Å²) in [5.74, 6) is 3.40. The molecule has 2 heterocycles. The van der Waals surface area contributed by atoms with E-state index in [2.05, 4.69) is 16.8 Å². The van der Waals surface area contributed by atoms with Crippen molar-refractivity contribution >= 4 is 17.4 Å². The summed E-state index contributed by atoms with van der Waals surface area (Å²) < 4.78 is 0. The Morgan fingerprint density at radius 2 is 2.05 bits per heavy atom. The number of aromatic nitrogens is 2. The summed E-state index contributed by atoms with van der Waals surface area (Å²) in [4.78, 5) is 11.7. The summed E-state index contributed by atoms with van der Waals surface area (Å²) in [7, 11) is 0. The molecule has 1 atom stereocenters. The largest absolute Gasteiger partial charge is 0.356 e. The Morgan fingerprint density at radius 3 is 2.74 bits per heavy atom. The van der Waals surface area contributed by atoms with Gasteiger partial charge in [-0.15, -0.1) is 0 Å². The van der Waals surface area contributed by atoms with Crippen LogP contribution >= 0.6 is 11.6 Å². The van der Waals surface area contributed by atoms with Crippen molar-refractivity contribution in [1.82, 2.24) is 9.97 Å². The molecule has 1 saturated heterocycles. The minimum absolute atomic E-state index is 0.559.